The van der Waals surface area contributed by atoms with Crippen LogP contribution in [0.15, 0.2) is 128 Å². The molecule has 2 fully saturated rings. The molecule has 1 saturated carbocycles. The van der Waals surface area contributed by atoms with Crippen molar-refractivity contribution < 1.29 is 76.6 Å². The standard InChI is InChI=1S/C79H83N5O16/c1-47(2)61(38-58(85)43-80-72(87)28-29-73(88)100-67-36-54-14-8-7-12-51(54)20-21-53-13-9-10-15-60(53)67)74(89)81-48(3)66(86)34-49-16-18-50(19-17-49)45-99-78(93)84-64-41-71(69(96-6)40-63(64)76(91)83-46-79(30-31-79)42-65(83)77(84)92)98-33-11-32-97-70-37-55-22-25-57-35-56(52-23-26-59(94-4)27-24-52)44-82(57)75(90)62(55)39-68(70)95-5/h7-10,12-19,23-24,26-27,37,39-41,44,47-48,57,61,65,67,77,92H,11,22,25,28-36,38,42-43,45-46H2,1-6H3,(H,80,87)(H,81,89)/t48-,57+,61-,65-,67?,77?/m0/s1. The van der Waals surface area contributed by atoms with E-state index < -0.39 is 60.0 Å². The maximum atomic E-state index is 14.5. The Kier molecular flexibility index (Phi) is 21.1. The molecule has 1 spiro atoms. The lowest BCUT2D eigenvalue weighted by atomic mass is 9.89. The molecule has 1 saturated heterocycles. The van der Waals surface area contributed by atoms with Crippen LogP contribution in [0.1, 0.15) is 150 Å². The zero-order chi connectivity index (χ0) is 70.4. The summed E-state index contributed by atoms with van der Waals surface area (Å²) in [6.45, 7) is 5.33. The van der Waals surface area contributed by atoms with E-state index in [1.807, 2.05) is 90.0 Å². The number of carbonyl (C=O) groups excluding carboxylic acids is 8. The number of hydrogen-bond acceptors (Lipinski definition) is 16. The number of esters is 1. The van der Waals surface area contributed by atoms with Gasteiger partial charge in [-0.1, -0.05) is 98.5 Å². The molecule has 100 heavy (non-hydrogen) atoms. The van der Waals surface area contributed by atoms with Gasteiger partial charge in [0.1, 0.15) is 18.5 Å². The molecule has 0 radical (unpaired) electrons. The van der Waals surface area contributed by atoms with E-state index in [4.69, 9.17) is 33.2 Å². The van der Waals surface area contributed by atoms with Crippen molar-refractivity contribution in [1.82, 2.24) is 20.4 Å². The Morgan fingerprint density at radius 1 is 0.720 bits per heavy atom. The lowest BCUT2D eigenvalue weighted by Gasteiger charge is -2.31. The Hall–Kier alpha value is -10.5. The number of ether oxygens (including phenoxy) is 7. The van der Waals surface area contributed by atoms with Crippen molar-refractivity contribution in [2.45, 2.75) is 135 Å². The van der Waals surface area contributed by atoms with Gasteiger partial charge >= 0.3 is 12.1 Å². The van der Waals surface area contributed by atoms with Gasteiger partial charge in [-0.15, -0.1) is 0 Å². The second-order valence-corrected chi connectivity index (χ2v) is 27.0. The van der Waals surface area contributed by atoms with Crippen molar-refractivity contribution in [3.8, 4) is 40.6 Å². The van der Waals surface area contributed by atoms with Crippen LogP contribution in [0.3, 0.4) is 0 Å². The number of anilines is 1. The molecule has 12 rings (SSSR count). The fourth-order valence-corrected chi connectivity index (χ4v) is 14.0. The number of aryl methyl sites for hydroxylation is 1. The van der Waals surface area contributed by atoms with Crippen molar-refractivity contribution in [1.29, 1.82) is 0 Å². The van der Waals surface area contributed by atoms with Gasteiger partial charge in [0, 0.05) is 85.1 Å². The van der Waals surface area contributed by atoms with Crippen LogP contribution in [0.4, 0.5) is 10.5 Å². The van der Waals surface area contributed by atoms with Crippen LogP contribution in [-0.4, -0.2) is 134 Å². The third kappa shape index (κ3) is 15.5. The molecule has 0 bridgehead atoms. The number of benzene rings is 6. The Morgan fingerprint density at radius 3 is 2.11 bits per heavy atom. The number of hydrogen-bond donors (Lipinski definition) is 3. The van der Waals surface area contributed by atoms with Gasteiger partial charge in [-0.3, -0.25) is 33.6 Å². The van der Waals surface area contributed by atoms with E-state index in [9.17, 15) is 43.5 Å². The summed E-state index contributed by atoms with van der Waals surface area (Å²) in [5, 5.41) is 17.6. The molecule has 6 aromatic rings. The first-order valence-corrected chi connectivity index (χ1v) is 34.2. The fourth-order valence-electron chi connectivity index (χ4n) is 14.0. The molecule has 6 aliphatic rings. The summed E-state index contributed by atoms with van der Waals surface area (Å²) in [6, 6.07) is 34.9. The maximum absolute atomic E-state index is 14.5. The van der Waals surface area contributed by atoms with Crippen LogP contribution in [-0.2, 0) is 59.3 Å². The smallest absolute Gasteiger partial charge is 0.416 e. The summed E-state index contributed by atoms with van der Waals surface area (Å²) in [6.07, 6.45) is 3.55. The number of methoxy groups -OCH3 is 3. The molecule has 2 unspecified atom stereocenters. The second kappa shape index (κ2) is 30.3. The van der Waals surface area contributed by atoms with Crippen LogP contribution in [0, 0.1) is 29.1 Å². The number of aliphatic hydroxyl groups is 1. The summed E-state index contributed by atoms with van der Waals surface area (Å²) in [4.78, 5) is 114. The van der Waals surface area contributed by atoms with Crippen LogP contribution < -0.4 is 39.2 Å². The number of fused-ring (bicyclic) bond motifs is 6. The Labute approximate surface area is 581 Å². The zero-order valence-corrected chi connectivity index (χ0v) is 57.1. The van der Waals surface area contributed by atoms with Crippen molar-refractivity contribution in [2.24, 2.45) is 17.3 Å². The van der Waals surface area contributed by atoms with Gasteiger partial charge in [0.15, 0.2) is 40.8 Å². The Morgan fingerprint density at radius 2 is 1.40 bits per heavy atom. The van der Waals surface area contributed by atoms with Crippen molar-refractivity contribution >= 4 is 58.5 Å². The van der Waals surface area contributed by atoms with E-state index in [0.717, 1.165) is 75.3 Å². The topological polar surface area (TPSA) is 255 Å². The lowest BCUT2D eigenvalue weighted by molar-refractivity contribution is -0.150. The first-order chi connectivity index (χ1) is 48.3. The summed E-state index contributed by atoms with van der Waals surface area (Å²) in [5.74, 6) is 4.68. The highest BCUT2D eigenvalue weighted by molar-refractivity contribution is 6.06. The van der Waals surface area contributed by atoms with E-state index in [0.29, 0.717) is 60.4 Å². The molecular weight excluding hydrogens is 1270 g/mol. The van der Waals surface area contributed by atoms with Crippen LogP contribution in [0.25, 0.3) is 5.57 Å². The van der Waals surface area contributed by atoms with Crippen LogP contribution in [0.2, 0.25) is 0 Å². The van der Waals surface area contributed by atoms with Crippen molar-refractivity contribution in [3.05, 3.63) is 183 Å². The number of Topliss-reactive ketones (excluding diaryl/α,β-unsaturated/α-hetero) is 2. The minimum absolute atomic E-state index is 0.00964. The SMILES string of the molecule is COc1ccc(C2=CN3C(=O)c4cc(OC)c(OCCCOc5cc6c(cc5OC)C(=O)N5CC7(CC7)C[C@H]5C(O)N6C(=O)OCc5ccc(CC(=O)[C@H](C)NC(=O)[C@@H](CC(=O)CNC(=O)CCC(=O)OC6Cc7ccccc7C#Cc7ccccc76)C(C)C)cc5)cc4CC[C@@H]3C2)cc1. The first kappa shape index (κ1) is 69.4. The predicted molar refractivity (Wildman–Crippen MR) is 370 cm³/mol. The van der Waals surface area contributed by atoms with E-state index in [1.165, 1.54) is 26.4 Å². The zero-order valence-electron chi connectivity index (χ0n) is 57.1. The number of carbonyl (C=O) groups is 8. The van der Waals surface area contributed by atoms with Gasteiger partial charge in [0.2, 0.25) is 11.8 Å². The molecule has 3 N–H and O–H groups in total. The largest absolute Gasteiger partial charge is 0.497 e. The third-order valence-corrected chi connectivity index (χ3v) is 19.9. The molecule has 21 nitrogen and oxygen atoms in total. The third-order valence-electron chi connectivity index (χ3n) is 19.9. The molecule has 21 heteroatoms. The first-order valence-electron chi connectivity index (χ1n) is 34.2. The second-order valence-electron chi connectivity index (χ2n) is 27.0. The number of ketones is 2. The highest BCUT2D eigenvalue weighted by Gasteiger charge is 2.58. The summed E-state index contributed by atoms with van der Waals surface area (Å²) >= 11 is 0. The Bertz CT molecular complexity index is 4240. The molecule has 2 aliphatic carbocycles. The highest BCUT2D eigenvalue weighted by Crippen LogP contribution is 2.57. The molecule has 6 atom stereocenters. The number of rotatable bonds is 26. The quantitative estimate of drug-likeness (QED) is 0.0259. The van der Waals surface area contributed by atoms with E-state index in [2.05, 4.69) is 22.5 Å². The molecule has 520 valence electrons. The van der Waals surface area contributed by atoms with Gasteiger partial charge in [0.25, 0.3) is 11.8 Å². The average Bonchev–Trinajstić information content (AvgIpc) is 1.56. The molecule has 6 aromatic carbocycles. The van der Waals surface area contributed by atoms with Gasteiger partial charge in [0.05, 0.1) is 70.8 Å². The maximum Gasteiger partial charge on any atom is 0.416 e. The minimum Gasteiger partial charge on any atom is -0.497 e. The van der Waals surface area contributed by atoms with E-state index in [-0.39, 0.29) is 110 Å². The number of nitrogens with zero attached hydrogens (tertiary/aromatic N) is 3. The van der Waals surface area contributed by atoms with E-state index in [1.54, 1.807) is 63.1 Å². The van der Waals surface area contributed by atoms with Gasteiger partial charge in [-0.25, -0.2) is 9.69 Å². The molecular formula is C79H83N5O16. The number of amides is 5. The fraction of sp³-hybridized carbons (Fsp3) is 0.392. The van der Waals surface area contributed by atoms with Crippen molar-refractivity contribution in [3.63, 3.8) is 0 Å². The van der Waals surface area contributed by atoms with Gasteiger partial charge in [-0.2, -0.15) is 0 Å². The molecule has 4 aliphatic heterocycles. The normalized spacial score (nSPS) is 18.8. The molecule has 4 heterocycles. The van der Waals surface area contributed by atoms with Crippen LogP contribution >= 0.6 is 0 Å². The summed E-state index contributed by atoms with van der Waals surface area (Å²) in [7, 11) is 4.62. The van der Waals surface area contributed by atoms with E-state index >= 15 is 0 Å². The summed E-state index contributed by atoms with van der Waals surface area (Å²) < 4.78 is 41.3. The van der Waals surface area contributed by atoms with Gasteiger partial charge in [-0.05, 0) is 133 Å². The van der Waals surface area contributed by atoms with Gasteiger partial charge < -0.3 is 58.7 Å². The van der Waals surface area contributed by atoms with Crippen LogP contribution in [0.5, 0.6) is 28.7 Å². The Balaban J connectivity index is 0.619. The van der Waals surface area contributed by atoms with Crippen molar-refractivity contribution in [2.75, 3.05) is 52.5 Å². The summed E-state index contributed by atoms with van der Waals surface area (Å²) in [5.41, 5.74) is 8.15. The molecule has 0 aromatic heterocycles. The minimum atomic E-state index is -1.47. The highest BCUT2D eigenvalue weighted by atomic mass is 16.6. The molecule has 5 amide bonds. The lowest BCUT2D eigenvalue weighted by Crippen LogP contribution is -2.50. The monoisotopic (exact) mass is 1360 g/mol. The predicted octanol–water partition coefficient (Wildman–Crippen LogP) is 10.2. The average molecular weight is 1360 g/mol. The number of nitrogens with one attached hydrogen (secondary N) is 2. The number of aliphatic hydroxyl groups excluding tert-OH is 1.